The molecule has 0 saturated carbocycles. The zero-order valence-electron chi connectivity index (χ0n) is 13.1. The van der Waals surface area contributed by atoms with Gasteiger partial charge in [-0.25, -0.2) is 0 Å². The predicted octanol–water partition coefficient (Wildman–Crippen LogP) is 4.41. The molecule has 0 fully saturated rings. The van der Waals surface area contributed by atoms with Crippen LogP contribution < -0.4 is 4.74 Å². The number of carboxylic acid groups (broad SMARTS) is 1. The zero-order valence-corrected chi connectivity index (χ0v) is 13.1. The standard InChI is InChI=1S/C19H22O3/c1-14(11-19(20)21)9-10-15-5-3-6-16(12-15)17-7-4-8-18(13-17)22-2/h3-8,12-14H,9-11H2,1-2H3,(H,20,21). The summed E-state index contributed by atoms with van der Waals surface area (Å²) >= 11 is 0. The van der Waals surface area contributed by atoms with E-state index >= 15 is 0 Å². The summed E-state index contributed by atoms with van der Waals surface area (Å²) in [7, 11) is 1.67. The van der Waals surface area contributed by atoms with E-state index in [9.17, 15) is 4.79 Å². The fourth-order valence-electron chi connectivity index (χ4n) is 2.52. The van der Waals surface area contributed by atoms with Gasteiger partial charge in [0.2, 0.25) is 0 Å². The largest absolute Gasteiger partial charge is 0.497 e. The zero-order chi connectivity index (χ0) is 15.9. The number of aryl methyl sites for hydroxylation is 1. The van der Waals surface area contributed by atoms with E-state index in [4.69, 9.17) is 9.84 Å². The van der Waals surface area contributed by atoms with Crippen LogP contribution in [0.1, 0.15) is 25.3 Å². The van der Waals surface area contributed by atoms with Crippen LogP contribution in [0.25, 0.3) is 11.1 Å². The molecule has 1 atom stereocenters. The first kappa shape index (κ1) is 16.1. The van der Waals surface area contributed by atoms with Gasteiger partial charge in [-0.05, 0) is 47.6 Å². The van der Waals surface area contributed by atoms with Crippen LogP contribution in [0.4, 0.5) is 0 Å². The molecule has 0 saturated heterocycles. The Kier molecular flexibility index (Phi) is 5.59. The first-order chi connectivity index (χ1) is 10.6. The normalized spacial score (nSPS) is 11.9. The maximum atomic E-state index is 10.7. The number of methoxy groups -OCH3 is 1. The van der Waals surface area contributed by atoms with E-state index in [2.05, 4.69) is 24.3 Å². The average Bonchev–Trinajstić information content (AvgIpc) is 2.53. The summed E-state index contributed by atoms with van der Waals surface area (Å²) < 4.78 is 5.27. The quantitative estimate of drug-likeness (QED) is 0.823. The summed E-state index contributed by atoms with van der Waals surface area (Å²) in [6.07, 6.45) is 2.01. The minimum Gasteiger partial charge on any atom is -0.497 e. The van der Waals surface area contributed by atoms with Gasteiger partial charge in [0.05, 0.1) is 7.11 Å². The molecule has 3 nitrogen and oxygen atoms in total. The molecule has 2 aromatic rings. The number of hydrogen-bond donors (Lipinski definition) is 1. The molecule has 0 radical (unpaired) electrons. The van der Waals surface area contributed by atoms with Gasteiger partial charge in [0.25, 0.3) is 0 Å². The van der Waals surface area contributed by atoms with Crippen molar-refractivity contribution >= 4 is 5.97 Å². The molecule has 0 spiro atoms. The molecule has 1 unspecified atom stereocenters. The average molecular weight is 298 g/mol. The lowest BCUT2D eigenvalue weighted by atomic mass is 9.96. The lowest BCUT2D eigenvalue weighted by Gasteiger charge is -2.10. The van der Waals surface area contributed by atoms with E-state index in [1.165, 1.54) is 5.56 Å². The van der Waals surface area contributed by atoms with Crippen molar-refractivity contribution in [2.45, 2.75) is 26.2 Å². The SMILES string of the molecule is COc1cccc(-c2cccc(CCC(C)CC(=O)O)c2)c1. The second-order valence-electron chi connectivity index (χ2n) is 5.67. The van der Waals surface area contributed by atoms with Gasteiger partial charge in [-0.15, -0.1) is 0 Å². The molecule has 2 aromatic carbocycles. The minimum absolute atomic E-state index is 0.193. The molecule has 0 heterocycles. The molecule has 3 heteroatoms. The summed E-state index contributed by atoms with van der Waals surface area (Å²) in [5.41, 5.74) is 3.51. The molecule has 1 N–H and O–H groups in total. The third kappa shape index (κ3) is 4.62. The Bertz CT molecular complexity index is 634. The molecular weight excluding hydrogens is 276 g/mol. The van der Waals surface area contributed by atoms with Gasteiger partial charge in [-0.2, -0.15) is 0 Å². The van der Waals surface area contributed by atoms with E-state index in [0.29, 0.717) is 0 Å². The van der Waals surface area contributed by atoms with Gasteiger partial charge in [-0.1, -0.05) is 43.3 Å². The topological polar surface area (TPSA) is 46.5 Å². The van der Waals surface area contributed by atoms with Crippen LogP contribution in [0.3, 0.4) is 0 Å². The van der Waals surface area contributed by atoms with Gasteiger partial charge in [0.1, 0.15) is 5.75 Å². The molecular formula is C19H22O3. The number of aliphatic carboxylic acids is 1. The summed E-state index contributed by atoms with van der Waals surface area (Å²) in [5, 5.41) is 8.81. The Balaban J connectivity index is 2.08. The molecule has 0 amide bonds. The lowest BCUT2D eigenvalue weighted by molar-refractivity contribution is -0.138. The highest BCUT2D eigenvalue weighted by atomic mass is 16.5. The number of benzene rings is 2. The van der Waals surface area contributed by atoms with Crippen LogP contribution in [0.2, 0.25) is 0 Å². The van der Waals surface area contributed by atoms with Crippen LogP contribution in [-0.2, 0) is 11.2 Å². The van der Waals surface area contributed by atoms with E-state index in [1.54, 1.807) is 7.11 Å². The molecule has 0 aliphatic heterocycles. The molecule has 116 valence electrons. The molecule has 22 heavy (non-hydrogen) atoms. The van der Waals surface area contributed by atoms with Crippen LogP contribution in [0.5, 0.6) is 5.75 Å². The third-order valence-corrected chi connectivity index (χ3v) is 3.78. The van der Waals surface area contributed by atoms with E-state index in [0.717, 1.165) is 29.7 Å². The third-order valence-electron chi connectivity index (χ3n) is 3.78. The van der Waals surface area contributed by atoms with Crippen molar-refractivity contribution in [3.63, 3.8) is 0 Å². The van der Waals surface area contributed by atoms with Crippen molar-refractivity contribution in [2.75, 3.05) is 7.11 Å². The van der Waals surface area contributed by atoms with Crippen molar-refractivity contribution < 1.29 is 14.6 Å². The Hall–Kier alpha value is -2.29. The Labute approximate surface area is 131 Å². The highest BCUT2D eigenvalue weighted by Gasteiger charge is 2.08. The minimum atomic E-state index is -0.724. The molecule has 0 aromatic heterocycles. The number of carboxylic acids is 1. The van der Waals surface area contributed by atoms with E-state index in [1.807, 2.05) is 31.2 Å². The first-order valence-electron chi connectivity index (χ1n) is 7.53. The van der Waals surface area contributed by atoms with Gasteiger partial charge in [0, 0.05) is 6.42 Å². The van der Waals surface area contributed by atoms with Crippen molar-refractivity contribution in [3.8, 4) is 16.9 Å². The van der Waals surface area contributed by atoms with Crippen molar-refractivity contribution in [2.24, 2.45) is 5.92 Å². The lowest BCUT2D eigenvalue weighted by Crippen LogP contribution is -2.05. The van der Waals surface area contributed by atoms with E-state index < -0.39 is 5.97 Å². The Morgan fingerprint density at radius 3 is 2.50 bits per heavy atom. The molecule has 0 aliphatic rings. The van der Waals surface area contributed by atoms with Gasteiger partial charge >= 0.3 is 5.97 Å². The Morgan fingerprint density at radius 2 is 1.82 bits per heavy atom. The van der Waals surface area contributed by atoms with Gasteiger partial charge in [0.15, 0.2) is 0 Å². The van der Waals surface area contributed by atoms with Gasteiger partial charge < -0.3 is 9.84 Å². The monoisotopic (exact) mass is 298 g/mol. The van der Waals surface area contributed by atoms with Crippen LogP contribution >= 0.6 is 0 Å². The molecule has 2 rings (SSSR count). The summed E-state index contributed by atoms with van der Waals surface area (Å²) in [6, 6.07) is 16.4. The van der Waals surface area contributed by atoms with Crippen molar-refractivity contribution in [1.82, 2.24) is 0 Å². The van der Waals surface area contributed by atoms with Gasteiger partial charge in [-0.3, -0.25) is 4.79 Å². The number of hydrogen-bond acceptors (Lipinski definition) is 2. The van der Waals surface area contributed by atoms with Crippen molar-refractivity contribution in [3.05, 3.63) is 54.1 Å². The second-order valence-corrected chi connectivity index (χ2v) is 5.67. The fourth-order valence-corrected chi connectivity index (χ4v) is 2.52. The van der Waals surface area contributed by atoms with Crippen LogP contribution in [0, 0.1) is 5.92 Å². The number of rotatable bonds is 7. The molecule has 0 bridgehead atoms. The highest BCUT2D eigenvalue weighted by Crippen LogP contribution is 2.25. The summed E-state index contributed by atoms with van der Waals surface area (Å²) in [6.45, 7) is 1.99. The number of carbonyl (C=O) groups is 1. The summed E-state index contributed by atoms with van der Waals surface area (Å²) in [4.78, 5) is 10.7. The predicted molar refractivity (Wildman–Crippen MR) is 88.2 cm³/mol. The Morgan fingerprint density at radius 1 is 1.14 bits per heavy atom. The summed E-state index contributed by atoms with van der Waals surface area (Å²) in [5.74, 6) is 0.314. The van der Waals surface area contributed by atoms with Crippen LogP contribution in [-0.4, -0.2) is 18.2 Å². The maximum absolute atomic E-state index is 10.7. The number of ether oxygens (including phenoxy) is 1. The maximum Gasteiger partial charge on any atom is 0.303 e. The molecule has 0 aliphatic carbocycles. The van der Waals surface area contributed by atoms with E-state index in [-0.39, 0.29) is 12.3 Å². The van der Waals surface area contributed by atoms with Crippen molar-refractivity contribution in [1.29, 1.82) is 0 Å². The highest BCUT2D eigenvalue weighted by molar-refractivity contribution is 5.67. The van der Waals surface area contributed by atoms with Crippen LogP contribution in [0.15, 0.2) is 48.5 Å². The smallest absolute Gasteiger partial charge is 0.303 e. The fraction of sp³-hybridized carbons (Fsp3) is 0.316. The second kappa shape index (κ2) is 7.64. The first-order valence-corrected chi connectivity index (χ1v) is 7.53.